The first-order valence-electron chi connectivity index (χ1n) is 7.14. The minimum Gasteiger partial charge on any atom is -0.329 e. The normalized spacial score (nSPS) is 12.9. The van der Waals surface area contributed by atoms with Crippen LogP contribution in [-0.4, -0.2) is 18.5 Å². The van der Waals surface area contributed by atoms with Gasteiger partial charge in [0.05, 0.1) is 4.34 Å². The summed E-state index contributed by atoms with van der Waals surface area (Å²) >= 11 is 7.65. The molecule has 2 aromatic rings. The zero-order valence-corrected chi connectivity index (χ0v) is 14.7. The number of hydrogen-bond donors (Lipinski definition) is 1. The van der Waals surface area contributed by atoms with Gasteiger partial charge in [0.25, 0.3) is 0 Å². The van der Waals surface area contributed by atoms with Crippen molar-refractivity contribution in [3.8, 4) is 0 Å². The second-order valence-electron chi connectivity index (χ2n) is 5.68. The van der Waals surface area contributed by atoms with Gasteiger partial charge >= 0.3 is 0 Å². The number of rotatable bonds is 5. The highest BCUT2D eigenvalue weighted by atomic mass is 35.5. The van der Waals surface area contributed by atoms with Crippen molar-refractivity contribution in [3.05, 3.63) is 55.7 Å². The molecule has 2 rings (SSSR count). The summed E-state index contributed by atoms with van der Waals surface area (Å²) < 4.78 is 0.838. The van der Waals surface area contributed by atoms with E-state index in [0.717, 1.165) is 10.9 Å². The van der Waals surface area contributed by atoms with Crippen molar-refractivity contribution >= 4 is 22.9 Å². The molecule has 0 spiro atoms. The van der Waals surface area contributed by atoms with Crippen LogP contribution in [0.15, 0.2) is 24.3 Å². The van der Waals surface area contributed by atoms with E-state index in [4.69, 9.17) is 17.3 Å². The molecule has 1 heterocycles. The molecular formula is C17H23ClN2S. The lowest BCUT2D eigenvalue weighted by Gasteiger charge is -2.29. The van der Waals surface area contributed by atoms with Crippen LogP contribution in [0.4, 0.5) is 0 Å². The van der Waals surface area contributed by atoms with Gasteiger partial charge in [-0.25, -0.2) is 0 Å². The maximum Gasteiger partial charge on any atom is 0.0931 e. The van der Waals surface area contributed by atoms with Gasteiger partial charge in [-0.2, -0.15) is 0 Å². The third kappa shape index (κ3) is 3.86. The van der Waals surface area contributed by atoms with E-state index < -0.39 is 0 Å². The molecule has 0 aliphatic heterocycles. The van der Waals surface area contributed by atoms with Crippen molar-refractivity contribution in [2.45, 2.75) is 33.4 Å². The molecule has 0 aliphatic carbocycles. The molecule has 0 fully saturated rings. The lowest BCUT2D eigenvalue weighted by atomic mass is 9.93. The number of thiophene rings is 1. The van der Waals surface area contributed by atoms with Crippen LogP contribution in [0.2, 0.25) is 4.34 Å². The molecule has 0 radical (unpaired) electrons. The van der Waals surface area contributed by atoms with Crippen molar-refractivity contribution < 1.29 is 0 Å². The van der Waals surface area contributed by atoms with Gasteiger partial charge in [0, 0.05) is 24.0 Å². The van der Waals surface area contributed by atoms with Gasteiger partial charge in [-0.05, 0) is 56.6 Å². The van der Waals surface area contributed by atoms with Gasteiger partial charge < -0.3 is 5.73 Å². The third-order valence-corrected chi connectivity index (χ3v) is 5.08. The van der Waals surface area contributed by atoms with E-state index in [1.807, 2.05) is 6.07 Å². The third-order valence-electron chi connectivity index (χ3n) is 3.86. The van der Waals surface area contributed by atoms with E-state index in [0.29, 0.717) is 6.54 Å². The van der Waals surface area contributed by atoms with Crippen LogP contribution in [0, 0.1) is 20.8 Å². The lowest BCUT2D eigenvalue weighted by Crippen LogP contribution is -2.31. The minimum absolute atomic E-state index is 0.228. The van der Waals surface area contributed by atoms with Gasteiger partial charge in [0.2, 0.25) is 0 Å². The van der Waals surface area contributed by atoms with Gasteiger partial charge in [-0.1, -0.05) is 29.3 Å². The van der Waals surface area contributed by atoms with Crippen LogP contribution in [0.25, 0.3) is 0 Å². The highest BCUT2D eigenvalue weighted by Gasteiger charge is 2.20. The van der Waals surface area contributed by atoms with Crippen molar-refractivity contribution in [1.29, 1.82) is 0 Å². The van der Waals surface area contributed by atoms with Gasteiger partial charge in [-0.3, -0.25) is 4.90 Å². The molecular weight excluding hydrogens is 300 g/mol. The largest absolute Gasteiger partial charge is 0.329 e. The summed E-state index contributed by atoms with van der Waals surface area (Å²) in [4.78, 5) is 3.58. The number of nitrogens with two attached hydrogens (primary N) is 1. The number of aryl methyl sites for hydroxylation is 3. The highest BCUT2D eigenvalue weighted by molar-refractivity contribution is 7.16. The molecule has 2 N–H and O–H groups in total. The van der Waals surface area contributed by atoms with E-state index in [1.54, 1.807) is 11.3 Å². The summed E-state index contributed by atoms with van der Waals surface area (Å²) in [6, 6.07) is 8.74. The van der Waals surface area contributed by atoms with Crippen molar-refractivity contribution in [1.82, 2.24) is 4.90 Å². The first-order valence-corrected chi connectivity index (χ1v) is 8.34. The van der Waals surface area contributed by atoms with E-state index in [9.17, 15) is 0 Å². The Morgan fingerprint density at radius 2 is 1.81 bits per heavy atom. The number of nitrogens with zero attached hydrogens (tertiary/aromatic N) is 1. The van der Waals surface area contributed by atoms with Crippen molar-refractivity contribution in [3.63, 3.8) is 0 Å². The fourth-order valence-electron chi connectivity index (χ4n) is 3.03. The molecule has 0 saturated carbocycles. The molecule has 0 saturated heterocycles. The molecule has 0 aliphatic rings. The molecule has 1 unspecified atom stereocenters. The number of hydrogen-bond acceptors (Lipinski definition) is 3. The quantitative estimate of drug-likeness (QED) is 0.880. The van der Waals surface area contributed by atoms with Crippen molar-refractivity contribution in [2.24, 2.45) is 5.73 Å². The Morgan fingerprint density at radius 1 is 1.19 bits per heavy atom. The number of halogens is 1. The van der Waals surface area contributed by atoms with Crippen LogP contribution in [0.1, 0.15) is 33.2 Å². The van der Waals surface area contributed by atoms with E-state index in [-0.39, 0.29) is 6.04 Å². The fourth-order valence-corrected chi connectivity index (χ4v) is 4.18. The van der Waals surface area contributed by atoms with Gasteiger partial charge in [0.15, 0.2) is 0 Å². The Labute approximate surface area is 136 Å². The van der Waals surface area contributed by atoms with E-state index in [1.165, 1.54) is 27.1 Å². The smallest absolute Gasteiger partial charge is 0.0931 e. The van der Waals surface area contributed by atoms with Crippen LogP contribution >= 0.6 is 22.9 Å². The molecule has 21 heavy (non-hydrogen) atoms. The Bertz CT molecular complexity index is 598. The van der Waals surface area contributed by atoms with Crippen LogP contribution in [0.3, 0.4) is 0 Å². The highest BCUT2D eigenvalue weighted by Crippen LogP contribution is 2.29. The Balaban J connectivity index is 2.27. The Kier molecular flexibility index (Phi) is 5.44. The number of likely N-dealkylation sites (N-methyl/N-ethyl adjacent to an activating group) is 1. The van der Waals surface area contributed by atoms with Crippen molar-refractivity contribution in [2.75, 3.05) is 13.6 Å². The molecule has 1 aromatic carbocycles. The fraction of sp³-hybridized carbons (Fsp3) is 0.412. The van der Waals surface area contributed by atoms with Crippen LogP contribution in [-0.2, 0) is 6.54 Å². The summed E-state index contributed by atoms with van der Waals surface area (Å²) in [5, 5.41) is 0. The molecule has 0 amide bonds. The van der Waals surface area contributed by atoms with Crippen LogP contribution in [0.5, 0.6) is 0 Å². The summed E-state index contributed by atoms with van der Waals surface area (Å²) in [7, 11) is 2.13. The molecule has 4 heteroatoms. The topological polar surface area (TPSA) is 29.3 Å². The monoisotopic (exact) mass is 322 g/mol. The SMILES string of the molecule is Cc1cc(C)c(C(CN)N(C)Cc2ccc(Cl)s2)c(C)c1. The number of benzene rings is 1. The summed E-state index contributed by atoms with van der Waals surface area (Å²) in [6.45, 7) is 7.96. The van der Waals surface area contributed by atoms with Gasteiger partial charge in [-0.15, -0.1) is 11.3 Å². The standard InChI is InChI=1S/C17H23ClN2S/c1-11-7-12(2)17(13(3)8-11)15(9-19)20(4)10-14-5-6-16(18)21-14/h5-8,15H,9-10,19H2,1-4H3. The average Bonchev–Trinajstić information content (AvgIpc) is 2.78. The minimum atomic E-state index is 0.228. The second-order valence-corrected chi connectivity index (χ2v) is 7.48. The summed E-state index contributed by atoms with van der Waals surface area (Å²) in [6.07, 6.45) is 0. The molecule has 0 bridgehead atoms. The van der Waals surface area contributed by atoms with E-state index in [2.05, 4.69) is 50.9 Å². The lowest BCUT2D eigenvalue weighted by molar-refractivity contribution is 0.242. The molecule has 2 nitrogen and oxygen atoms in total. The zero-order valence-electron chi connectivity index (χ0n) is 13.1. The maximum absolute atomic E-state index is 6.08. The Hall–Kier alpha value is -0.870. The molecule has 114 valence electrons. The summed E-state index contributed by atoms with van der Waals surface area (Å²) in [5.41, 5.74) is 11.4. The predicted molar refractivity (Wildman–Crippen MR) is 93.2 cm³/mol. The van der Waals surface area contributed by atoms with Gasteiger partial charge in [0.1, 0.15) is 0 Å². The second kappa shape index (κ2) is 6.93. The average molecular weight is 323 g/mol. The van der Waals surface area contributed by atoms with Crippen LogP contribution < -0.4 is 5.73 Å². The summed E-state index contributed by atoms with van der Waals surface area (Å²) in [5.74, 6) is 0. The zero-order chi connectivity index (χ0) is 15.6. The Morgan fingerprint density at radius 3 is 2.29 bits per heavy atom. The molecule has 1 aromatic heterocycles. The molecule has 1 atom stereocenters. The first-order chi connectivity index (χ1) is 9.92. The first kappa shape index (κ1) is 16.5. The maximum atomic E-state index is 6.08. The van der Waals surface area contributed by atoms with E-state index >= 15 is 0 Å². The predicted octanol–water partition coefficient (Wildman–Crippen LogP) is 4.46.